The monoisotopic (exact) mass is 460 g/mol. The second kappa shape index (κ2) is 8.85. The van der Waals surface area contributed by atoms with E-state index in [1.54, 1.807) is 17.1 Å². The number of hydrogen-bond donors (Lipinski definition) is 2. The molecule has 12 heteroatoms. The van der Waals surface area contributed by atoms with Crippen LogP contribution < -0.4 is 0 Å². The van der Waals surface area contributed by atoms with Crippen LogP contribution in [0.25, 0.3) is 28.2 Å². The van der Waals surface area contributed by atoms with E-state index in [9.17, 15) is 18.4 Å². The highest BCUT2D eigenvalue weighted by Gasteiger charge is 2.42. The number of aromatic carboxylic acids is 1. The molecule has 1 atom stereocenters. The van der Waals surface area contributed by atoms with Crippen LogP contribution >= 0.6 is 0 Å². The number of amides is 1. The summed E-state index contributed by atoms with van der Waals surface area (Å²) in [6.45, 7) is 2.36. The molecule has 10 nitrogen and oxygen atoms in total. The van der Waals surface area contributed by atoms with Crippen LogP contribution in [0.2, 0.25) is 0 Å². The van der Waals surface area contributed by atoms with Gasteiger partial charge in [-0.1, -0.05) is 18.9 Å². The zero-order valence-electron chi connectivity index (χ0n) is 18.0. The summed E-state index contributed by atoms with van der Waals surface area (Å²) >= 11 is 0. The first-order chi connectivity index (χ1) is 15.7. The van der Waals surface area contributed by atoms with Crippen molar-refractivity contribution in [2.75, 3.05) is 13.1 Å². The number of aromatic nitrogens is 5. The van der Waals surface area contributed by atoms with Crippen molar-refractivity contribution in [3.8, 4) is 11.3 Å². The van der Waals surface area contributed by atoms with Gasteiger partial charge in [0.05, 0.1) is 24.6 Å². The SMILES string of the molecule is CCn1cc(-c2cnc3[nH]cc(C(=O)O)c3n2)cn1.[NH-][C@@H](C(=O)N1CCC(F)(F)C1)C1CC1. The number of nitrogens with one attached hydrogen (secondary N) is 2. The Labute approximate surface area is 187 Å². The van der Waals surface area contributed by atoms with E-state index in [1.807, 2.05) is 13.1 Å². The average molecular weight is 460 g/mol. The zero-order chi connectivity index (χ0) is 23.8. The lowest BCUT2D eigenvalue weighted by molar-refractivity contribution is -0.132. The fourth-order valence-electron chi connectivity index (χ4n) is 3.61. The van der Waals surface area contributed by atoms with Gasteiger partial charge in [-0.2, -0.15) is 5.10 Å². The zero-order valence-corrected chi connectivity index (χ0v) is 18.0. The predicted octanol–water partition coefficient (Wildman–Crippen LogP) is 3.22. The number of alkyl halides is 2. The first kappa shape index (κ1) is 22.8. The van der Waals surface area contributed by atoms with Crippen molar-refractivity contribution in [3.63, 3.8) is 0 Å². The van der Waals surface area contributed by atoms with E-state index in [2.05, 4.69) is 20.1 Å². The van der Waals surface area contributed by atoms with Gasteiger partial charge in [0.15, 0.2) is 5.65 Å². The highest BCUT2D eigenvalue weighted by Crippen LogP contribution is 2.36. The molecular formula is C21H24F2N7O3-. The number of likely N-dealkylation sites (tertiary alicyclic amines) is 1. The summed E-state index contributed by atoms with van der Waals surface area (Å²) in [5.41, 5.74) is 9.91. The molecular weight excluding hydrogens is 436 g/mol. The maximum Gasteiger partial charge on any atom is 0.339 e. The van der Waals surface area contributed by atoms with E-state index >= 15 is 0 Å². The molecule has 0 bridgehead atoms. The maximum absolute atomic E-state index is 12.8. The Kier molecular flexibility index (Phi) is 6.11. The number of nitrogens with zero attached hydrogens (tertiary/aromatic N) is 5. The third kappa shape index (κ3) is 5.00. The van der Waals surface area contributed by atoms with Gasteiger partial charge < -0.3 is 20.7 Å². The Hall–Kier alpha value is -3.41. The number of aryl methyl sites for hydroxylation is 1. The molecule has 1 saturated heterocycles. The third-order valence-electron chi connectivity index (χ3n) is 5.71. The standard InChI is InChI=1S/C12H11N5O2.C9H13F2N2O/c1-2-17-6-7(3-15-17)9-5-14-11-10(16-9)8(4-13-11)12(18)19;10-9(11)3-4-13(5-9)8(14)7(12)6-1-2-6/h3-6H,2H2,1H3,(H,13,14)(H,18,19);6-7,12H,1-5H2/q;-1/t;7-/m.1/s1. The molecule has 0 spiro atoms. The van der Waals surface area contributed by atoms with Crippen molar-refractivity contribution >= 4 is 23.0 Å². The molecule has 2 aliphatic rings. The van der Waals surface area contributed by atoms with Crippen LogP contribution in [0.5, 0.6) is 0 Å². The highest BCUT2D eigenvalue weighted by molar-refractivity contribution is 6.00. The minimum Gasteiger partial charge on any atom is -0.667 e. The lowest BCUT2D eigenvalue weighted by atomic mass is 10.2. The summed E-state index contributed by atoms with van der Waals surface area (Å²) in [4.78, 5) is 35.0. The smallest absolute Gasteiger partial charge is 0.339 e. The van der Waals surface area contributed by atoms with E-state index in [0.29, 0.717) is 16.9 Å². The number of carboxylic acid groups (broad SMARTS) is 1. The highest BCUT2D eigenvalue weighted by atomic mass is 19.3. The van der Waals surface area contributed by atoms with Crippen molar-refractivity contribution < 1.29 is 23.5 Å². The van der Waals surface area contributed by atoms with E-state index < -0.39 is 30.4 Å². The van der Waals surface area contributed by atoms with Crippen molar-refractivity contribution in [1.82, 2.24) is 29.6 Å². The van der Waals surface area contributed by atoms with Gasteiger partial charge in [0.25, 0.3) is 5.92 Å². The number of fused-ring (bicyclic) bond motifs is 1. The van der Waals surface area contributed by atoms with Crippen LogP contribution in [-0.4, -0.2) is 71.7 Å². The van der Waals surface area contributed by atoms with Crippen LogP contribution in [0.3, 0.4) is 0 Å². The first-order valence-corrected chi connectivity index (χ1v) is 10.7. The van der Waals surface area contributed by atoms with E-state index in [0.717, 1.165) is 29.8 Å². The van der Waals surface area contributed by atoms with E-state index in [4.69, 9.17) is 10.8 Å². The number of carbonyl (C=O) groups excluding carboxylic acids is 1. The van der Waals surface area contributed by atoms with Crippen molar-refractivity contribution in [2.45, 2.75) is 44.7 Å². The van der Waals surface area contributed by atoms with Gasteiger partial charge in [-0.15, -0.1) is 0 Å². The summed E-state index contributed by atoms with van der Waals surface area (Å²) < 4.78 is 27.3. The number of carbonyl (C=O) groups is 2. The molecule has 0 unspecified atom stereocenters. The quantitative estimate of drug-likeness (QED) is 0.599. The Morgan fingerprint density at radius 2 is 2.12 bits per heavy atom. The third-order valence-corrected chi connectivity index (χ3v) is 5.71. The van der Waals surface area contributed by atoms with Crippen molar-refractivity contribution in [3.05, 3.63) is 36.1 Å². The fourth-order valence-corrected chi connectivity index (χ4v) is 3.61. The summed E-state index contributed by atoms with van der Waals surface area (Å²) in [5.74, 6) is -4.05. The van der Waals surface area contributed by atoms with Crippen LogP contribution in [0.4, 0.5) is 8.78 Å². The molecule has 3 aromatic heterocycles. The van der Waals surface area contributed by atoms with Gasteiger partial charge in [0, 0.05) is 37.5 Å². The lowest BCUT2D eigenvalue weighted by Gasteiger charge is -2.25. The largest absolute Gasteiger partial charge is 0.667 e. The number of aromatic amines is 1. The molecule has 1 aliphatic heterocycles. The first-order valence-electron chi connectivity index (χ1n) is 10.7. The van der Waals surface area contributed by atoms with E-state index in [-0.39, 0.29) is 24.4 Å². The van der Waals surface area contributed by atoms with Gasteiger partial charge >= 0.3 is 5.97 Å². The Morgan fingerprint density at radius 3 is 2.70 bits per heavy atom. The number of carboxylic acids is 1. The topological polar surface area (TPSA) is 141 Å². The van der Waals surface area contributed by atoms with Gasteiger partial charge in [-0.25, -0.2) is 23.5 Å². The number of hydrogen-bond acceptors (Lipinski definition) is 5. The Morgan fingerprint density at radius 1 is 1.36 bits per heavy atom. The molecule has 3 aromatic rings. The molecule has 1 aliphatic carbocycles. The fraction of sp³-hybridized carbons (Fsp3) is 0.476. The normalized spacial score (nSPS) is 18.1. The number of H-pyrrole nitrogens is 1. The molecule has 176 valence electrons. The molecule has 5 rings (SSSR count). The predicted molar refractivity (Wildman–Crippen MR) is 115 cm³/mol. The van der Waals surface area contributed by atoms with Gasteiger partial charge in [-0.3, -0.25) is 9.48 Å². The summed E-state index contributed by atoms with van der Waals surface area (Å²) in [5, 5.41) is 13.2. The second-order valence-electron chi connectivity index (χ2n) is 8.23. The molecule has 33 heavy (non-hydrogen) atoms. The lowest BCUT2D eigenvalue weighted by Crippen LogP contribution is -2.38. The molecule has 1 amide bonds. The summed E-state index contributed by atoms with van der Waals surface area (Å²) in [7, 11) is 0. The molecule has 0 radical (unpaired) electrons. The molecule has 1 saturated carbocycles. The van der Waals surface area contributed by atoms with Crippen molar-refractivity contribution in [2.24, 2.45) is 5.92 Å². The summed E-state index contributed by atoms with van der Waals surface area (Å²) in [6.07, 6.45) is 8.06. The average Bonchev–Trinajstić information content (AvgIpc) is 3.20. The minimum atomic E-state index is -2.74. The number of rotatable bonds is 5. The van der Waals surface area contributed by atoms with Crippen LogP contribution in [0, 0.1) is 5.92 Å². The van der Waals surface area contributed by atoms with Gasteiger partial charge in [0.2, 0.25) is 5.91 Å². The van der Waals surface area contributed by atoms with Crippen LogP contribution in [-0.2, 0) is 11.3 Å². The Bertz CT molecular complexity index is 1170. The number of halogens is 2. The van der Waals surface area contributed by atoms with Crippen molar-refractivity contribution in [1.29, 1.82) is 0 Å². The molecule has 4 heterocycles. The van der Waals surface area contributed by atoms with Crippen LogP contribution in [0.1, 0.15) is 36.5 Å². The van der Waals surface area contributed by atoms with Crippen LogP contribution in [0.15, 0.2) is 24.8 Å². The van der Waals surface area contributed by atoms with Gasteiger partial charge in [0.1, 0.15) is 11.1 Å². The maximum atomic E-state index is 12.8. The Balaban J connectivity index is 0.000000165. The summed E-state index contributed by atoms with van der Waals surface area (Å²) in [6, 6.07) is -0.802. The molecule has 2 fully saturated rings. The second-order valence-corrected chi connectivity index (χ2v) is 8.23. The van der Waals surface area contributed by atoms with E-state index in [1.165, 1.54) is 6.20 Å². The molecule has 0 aromatic carbocycles. The van der Waals surface area contributed by atoms with Gasteiger partial charge in [-0.05, 0) is 12.8 Å². The molecule has 3 N–H and O–H groups in total. The minimum absolute atomic E-state index is 0.105.